The molecule has 4 aliphatic rings. The van der Waals surface area contributed by atoms with Crippen LogP contribution in [0.4, 0.5) is 0 Å². The third-order valence-electron chi connectivity index (χ3n) is 8.07. The van der Waals surface area contributed by atoms with Crippen molar-refractivity contribution in [2.24, 2.45) is 17.8 Å². The second-order valence-corrected chi connectivity index (χ2v) is 9.49. The molecule has 0 aromatic heterocycles. The molecule has 7 rings (SSSR count). The van der Waals surface area contributed by atoms with E-state index >= 15 is 0 Å². The van der Waals surface area contributed by atoms with Gasteiger partial charge in [-0.15, -0.1) is 0 Å². The predicted molar refractivity (Wildman–Crippen MR) is 120 cm³/mol. The molecule has 4 aliphatic carbocycles. The maximum absolute atomic E-state index is 2.51. The van der Waals surface area contributed by atoms with Gasteiger partial charge in [0.15, 0.2) is 0 Å². The lowest BCUT2D eigenvalue weighted by Gasteiger charge is -2.32. The topological polar surface area (TPSA) is 0 Å². The highest BCUT2D eigenvalue weighted by molar-refractivity contribution is 5.98. The molecule has 3 aromatic carbocycles. The molecule has 0 heteroatoms. The SMILES string of the molecule is Cc1cc(C)c2c(c1)C1(C3=C(c4ccccc41)C1C(C)C1C=C3)c1ccccc1-2. The third kappa shape index (κ3) is 1.66. The summed E-state index contributed by atoms with van der Waals surface area (Å²) in [6.45, 7) is 6.96. The summed E-state index contributed by atoms with van der Waals surface area (Å²) in [6.07, 6.45) is 4.99. The molecule has 3 aromatic rings. The lowest BCUT2D eigenvalue weighted by atomic mass is 9.69. The number of rotatable bonds is 0. The minimum atomic E-state index is -0.154. The molecule has 1 saturated carbocycles. The van der Waals surface area contributed by atoms with Gasteiger partial charge in [-0.1, -0.05) is 85.3 Å². The van der Waals surface area contributed by atoms with Gasteiger partial charge in [0.1, 0.15) is 0 Å². The van der Waals surface area contributed by atoms with E-state index in [4.69, 9.17) is 0 Å². The molecule has 4 atom stereocenters. The first-order chi connectivity index (χ1) is 14.1. The van der Waals surface area contributed by atoms with Crippen molar-refractivity contribution >= 4 is 5.57 Å². The zero-order valence-electron chi connectivity index (χ0n) is 17.2. The van der Waals surface area contributed by atoms with E-state index in [1.54, 1.807) is 11.1 Å². The first-order valence-corrected chi connectivity index (χ1v) is 10.9. The average Bonchev–Trinajstić information content (AvgIpc) is 3.16. The molecule has 29 heavy (non-hydrogen) atoms. The van der Waals surface area contributed by atoms with Crippen molar-refractivity contribution in [3.8, 4) is 11.1 Å². The van der Waals surface area contributed by atoms with E-state index in [1.807, 2.05) is 0 Å². The lowest BCUT2D eigenvalue weighted by molar-refractivity contribution is 0.777. The Morgan fingerprint density at radius 1 is 0.793 bits per heavy atom. The third-order valence-corrected chi connectivity index (χ3v) is 8.07. The highest BCUT2D eigenvalue weighted by atomic mass is 14.6. The maximum Gasteiger partial charge on any atom is 0.0722 e. The van der Waals surface area contributed by atoms with E-state index in [2.05, 4.69) is 93.6 Å². The highest BCUT2D eigenvalue weighted by Crippen LogP contribution is 2.69. The number of benzene rings is 3. The fourth-order valence-electron chi connectivity index (χ4n) is 6.94. The van der Waals surface area contributed by atoms with Crippen LogP contribution in [0.3, 0.4) is 0 Å². The highest BCUT2D eigenvalue weighted by Gasteiger charge is 2.59. The van der Waals surface area contributed by atoms with Crippen LogP contribution in [-0.2, 0) is 5.41 Å². The molecule has 4 unspecified atom stereocenters. The Morgan fingerprint density at radius 3 is 2.28 bits per heavy atom. The van der Waals surface area contributed by atoms with Crippen molar-refractivity contribution in [3.63, 3.8) is 0 Å². The smallest absolute Gasteiger partial charge is 0.0722 e. The Bertz CT molecular complexity index is 1300. The van der Waals surface area contributed by atoms with Crippen LogP contribution < -0.4 is 0 Å². The van der Waals surface area contributed by atoms with Gasteiger partial charge in [0.05, 0.1) is 5.41 Å². The summed E-state index contributed by atoms with van der Waals surface area (Å²) in [7, 11) is 0. The van der Waals surface area contributed by atoms with Gasteiger partial charge in [-0.05, 0) is 81.7 Å². The van der Waals surface area contributed by atoms with E-state index < -0.39 is 0 Å². The fraction of sp³-hybridized carbons (Fsp3) is 0.241. The molecule has 0 aliphatic heterocycles. The van der Waals surface area contributed by atoms with Gasteiger partial charge in [0.25, 0.3) is 0 Å². The first kappa shape index (κ1) is 16.0. The molecule has 0 N–H and O–H groups in total. The maximum atomic E-state index is 2.51. The van der Waals surface area contributed by atoms with Crippen LogP contribution in [0.5, 0.6) is 0 Å². The summed E-state index contributed by atoms with van der Waals surface area (Å²) < 4.78 is 0. The summed E-state index contributed by atoms with van der Waals surface area (Å²) in [5.74, 6) is 2.18. The van der Waals surface area contributed by atoms with Crippen molar-refractivity contribution in [2.45, 2.75) is 26.2 Å². The van der Waals surface area contributed by atoms with Crippen molar-refractivity contribution in [1.82, 2.24) is 0 Å². The summed E-state index contributed by atoms with van der Waals surface area (Å²) in [4.78, 5) is 0. The van der Waals surface area contributed by atoms with Gasteiger partial charge < -0.3 is 0 Å². The van der Waals surface area contributed by atoms with Gasteiger partial charge >= 0.3 is 0 Å². The Kier molecular flexibility index (Phi) is 2.76. The second-order valence-electron chi connectivity index (χ2n) is 9.49. The fourth-order valence-corrected chi connectivity index (χ4v) is 6.94. The molecule has 0 bridgehead atoms. The van der Waals surface area contributed by atoms with Crippen LogP contribution in [0, 0.1) is 31.6 Å². The standard InChI is InChI=1S/C29H24/c1-16-14-17(2)26-20-8-4-6-10-22(20)29(25(26)15-16)23-11-7-5-9-21(23)28-24(29)13-12-19-18(3)27(19)28/h4-15,18-19,27H,1-3H3. The lowest BCUT2D eigenvalue weighted by Crippen LogP contribution is -2.27. The quantitative estimate of drug-likeness (QED) is 0.405. The monoisotopic (exact) mass is 372 g/mol. The summed E-state index contributed by atoms with van der Waals surface area (Å²) >= 11 is 0. The van der Waals surface area contributed by atoms with Crippen molar-refractivity contribution < 1.29 is 0 Å². The summed E-state index contributed by atoms with van der Waals surface area (Å²) in [6, 6.07) is 23.2. The number of hydrogen-bond donors (Lipinski definition) is 0. The molecule has 1 spiro atoms. The van der Waals surface area contributed by atoms with E-state index in [0.29, 0.717) is 5.92 Å². The number of allylic oxidation sites excluding steroid dienone is 4. The molecular formula is C29H24. The average molecular weight is 373 g/mol. The predicted octanol–water partition coefficient (Wildman–Crippen LogP) is 6.84. The first-order valence-electron chi connectivity index (χ1n) is 10.9. The van der Waals surface area contributed by atoms with Gasteiger partial charge in [0, 0.05) is 0 Å². The number of fused-ring (bicyclic) bond motifs is 11. The van der Waals surface area contributed by atoms with Gasteiger partial charge in [-0.3, -0.25) is 0 Å². The normalized spacial score (nSPS) is 29.4. The van der Waals surface area contributed by atoms with E-state index in [9.17, 15) is 0 Å². The molecule has 1 fully saturated rings. The summed E-state index contributed by atoms with van der Waals surface area (Å²) in [5.41, 5.74) is 14.6. The van der Waals surface area contributed by atoms with Crippen molar-refractivity contribution in [1.29, 1.82) is 0 Å². The minimum absolute atomic E-state index is 0.154. The Hall–Kier alpha value is -2.86. The van der Waals surface area contributed by atoms with Gasteiger partial charge in [-0.25, -0.2) is 0 Å². The largest absolute Gasteiger partial charge is 0.0802 e. The second kappa shape index (κ2) is 5.00. The molecule has 140 valence electrons. The summed E-state index contributed by atoms with van der Waals surface area (Å²) in [5, 5.41) is 0. The van der Waals surface area contributed by atoms with Crippen molar-refractivity contribution in [3.05, 3.63) is 112 Å². The van der Waals surface area contributed by atoms with E-state index in [0.717, 1.165) is 11.8 Å². The van der Waals surface area contributed by atoms with Gasteiger partial charge in [-0.2, -0.15) is 0 Å². The van der Waals surface area contributed by atoms with E-state index in [-0.39, 0.29) is 5.41 Å². The van der Waals surface area contributed by atoms with Gasteiger partial charge in [0.2, 0.25) is 0 Å². The van der Waals surface area contributed by atoms with Crippen LogP contribution >= 0.6 is 0 Å². The van der Waals surface area contributed by atoms with Crippen LogP contribution in [0.15, 0.2) is 78.4 Å². The molecule has 0 amide bonds. The Balaban J connectivity index is 1.70. The van der Waals surface area contributed by atoms with Crippen LogP contribution in [0.25, 0.3) is 16.7 Å². The zero-order chi connectivity index (χ0) is 19.5. The molecule has 0 radical (unpaired) electrons. The molecule has 0 saturated heterocycles. The Labute approximate surface area is 172 Å². The van der Waals surface area contributed by atoms with Crippen LogP contribution in [0.1, 0.15) is 40.3 Å². The number of aryl methyl sites for hydroxylation is 2. The zero-order valence-corrected chi connectivity index (χ0v) is 17.2. The number of hydrogen-bond acceptors (Lipinski definition) is 0. The molecule has 0 heterocycles. The Morgan fingerprint density at radius 2 is 1.48 bits per heavy atom. The van der Waals surface area contributed by atoms with Crippen molar-refractivity contribution in [2.75, 3.05) is 0 Å². The van der Waals surface area contributed by atoms with Crippen LogP contribution in [-0.4, -0.2) is 0 Å². The van der Waals surface area contributed by atoms with E-state index in [1.165, 1.54) is 44.5 Å². The molecule has 0 nitrogen and oxygen atoms in total. The minimum Gasteiger partial charge on any atom is -0.0802 e. The molecular weight excluding hydrogens is 348 g/mol. The van der Waals surface area contributed by atoms with Crippen LogP contribution in [0.2, 0.25) is 0 Å².